The van der Waals surface area contributed by atoms with E-state index in [4.69, 9.17) is 33.2 Å². The Morgan fingerprint density at radius 3 is 2.17 bits per heavy atom. The van der Waals surface area contributed by atoms with Crippen molar-refractivity contribution in [1.29, 1.82) is 0 Å². The Kier molecular flexibility index (Phi) is 15.3. The van der Waals surface area contributed by atoms with E-state index < -0.39 is 95.7 Å². The Morgan fingerprint density at radius 1 is 1.00 bits per heavy atom. The minimum atomic E-state index is -1.77. The van der Waals surface area contributed by atoms with Crippen LogP contribution < -0.4 is 0 Å². The quantitative estimate of drug-likeness (QED) is 0.307. The molecule has 53 heavy (non-hydrogen) atoms. The van der Waals surface area contributed by atoms with Crippen molar-refractivity contribution in [3.05, 3.63) is 11.6 Å². The molecule has 2 saturated heterocycles. The molecule has 3 N–H and O–H groups in total. The molecule has 0 saturated carbocycles. The summed E-state index contributed by atoms with van der Waals surface area (Å²) >= 11 is 0. The van der Waals surface area contributed by atoms with Crippen LogP contribution in [0.25, 0.3) is 0 Å². The second-order valence-corrected chi connectivity index (χ2v) is 16.6. The standard InChI is InChI=1S/C39H67NO13/c1-15-28-37(9,45)17-20(2)30(42)21(3)18-38(10,46)34(53-36-32(50-26(8)41)27(40(12)13)16-22(4)48-36)23(5)31(24(6)35(44)51-28)52-29-19-39(11,47-14)33(43)25(7)49-29/h17,21-25,27-29,31-34,36,43,45-46H,15-16,18-19H2,1-14H3/b20-17+/t21-,22-,23+,24-,25+,27+,28-,29+,31+,32-,33+,34-,36+,37+,38-,39-/m1/s1. The van der Waals surface area contributed by atoms with Gasteiger partial charge in [-0.2, -0.15) is 0 Å². The summed E-state index contributed by atoms with van der Waals surface area (Å²) in [4.78, 5) is 42.3. The number of nitrogens with zero attached hydrogens (tertiary/aromatic N) is 1. The van der Waals surface area contributed by atoms with Crippen molar-refractivity contribution in [1.82, 2.24) is 4.90 Å². The number of methoxy groups -OCH3 is 1. The molecule has 0 amide bonds. The fourth-order valence-corrected chi connectivity index (χ4v) is 8.40. The number of ether oxygens (including phenoxy) is 7. The van der Waals surface area contributed by atoms with Crippen molar-refractivity contribution in [2.75, 3.05) is 21.2 Å². The van der Waals surface area contributed by atoms with Crippen LogP contribution in [0.5, 0.6) is 0 Å². The van der Waals surface area contributed by atoms with Crippen LogP contribution in [-0.2, 0) is 47.5 Å². The Bertz CT molecular complexity index is 1300. The normalized spacial score (nSPS) is 46.2. The van der Waals surface area contributed by atoms with Gasteiger partial charge in [0.25, 0.3) is 0 Å². The lowest BCUT2D eigenvalue weighted by Crippen LogP contribution is -2.61. The lowest BCUT2D eigenvalue weighted by molar-refractivity contribution is -0.318. The van der Waals surface area contributed by atoms with Crippen molar-refractivity contribution in [3.8, 4) is 0 Å². The van der Waals surface area contributed by atoms with E-state index >= 15 is 0 Å². The van der Waals surface area contributed by atoms with Crippen LogP contribution in [0.15, 0.2) is 11.6 Å². The predicted molar refractivity (Wildman–Crippen MR) is 194 cm³/mol. The first-order chi connectivity index (χ1) is 24.4. The van der Waals surface area contributed by atoms with Crippen LogP contribution in [0.3, 0.4) is 0 Å². The second kappa shape index (κ2) is 17.8. The first-order valence-electron chi connectivity index (χ1n) is 19.0. The van der Waals surface area contributed by atoms with Gasteiger partial charge in [-0.25, -0.2) is 0 Å². The van der Waals surface area contributed by atoms with Crippen molar-refractivity contribution in [2.24, 2.45) is 17.8 Å². The third kappa shape index (κ3) is 10.6. The maximum atomic E-state index is 14.1. The maximum absolute atomic E-state index is 14.1. The zero-order chi connectivity index (χ0) is 40.4. The molecule has 0 aromatic rings. The zero-order valence-electron chi connectivity index (χ0n) is 34.3. The molecule has 306 valence electrons. The number of rotatable bonds is 8. The lowest BCUT2D eigenvalue weighted by Gasteiger charge is -2.49. The van der Waals surface area contributed by atoms with Crippen LogP contribution in [0.1, 0.15) is 102 Å². The number of aliphatic hydroxyl groups excluding tert-OH is 1. The minimum Gasteiger partial charge on any atom is -0.459 e. The predicted octanol–water partition coefficient (Wildman–Crippen LogP) is 3.31. The van der Waals surface area contributed by atoms with E-state index in [9.17, 15) is 29.7 Å². The molecule has 3 aliphatic heterocycles. The Hall–Kier alpha value is -2.01. The van der Waals surface area contributed by atoms with Gasteiger partial charge in [0, 0.05) is 32.3 Å². The van der Waals surface area contributed by atoms with Gasteiger partial charge >= 0.3 is 11.9 Å². The van der Waals surface area contributed by atoms with Crippen LogP contribution in [0.4, 0.5) is 0 Å². The Balaban J connectivity index is 2.23. The topological polar surface area (TPSA) is 180 Å². The number of esters is 2. The van der Waals surface area contributed by atoms with E-state index in [0.29, 0.717) is 6.42 Å². The molecule has 0 aromatic heterocycles. The summed E-state index contributed by atoms with van der Waals surface area (Å²) in [7, 11) is 5.23. The van der Waals surface area contributed by atoms with Gasteiger partial charge in [-0.1, -0.05) is 20.8 Å². The Labute approximate surface area is 315 Å². The van der Waals surface area contributed by atoms with E-state index in [0.717, 1.165) is 0 Å². The van der Waals surface area contributed by atoms with Gasteiger partial charge in [0.15, 0.2) is 24.5 Å². The highest BCUT2D eigenvalue weighted by Gasteiger charge is 2.52. The maximum Gasteiger partial charge on any atom is 0.311 e. The fourth-order valence-electron chi connectivity index (χ4n) is 8.40. The van der Waals surface area contributed by atoms with Gasteiger partial charge in [0.2, 0.25) is 0 Å². The van der Waals surface area contributed by atoms with Crippen molar-refractivity contribution < 1.29 is 62.9 Å². The molecule has 14 nitrogen and oxygen atoms in total. The molecule has 0 aromatic carbocycles. The molecule has 16 atom stereocenters. The molecular weight excluding hydrogens is 690 g/mol. The molecule has 0 radical (unpaired) electrons. The number of carbonyl (C=O) groups excluding carboxylic acids is 3. The minimum absolute atomic E-state index is 0.0839. The van der Waals surface area contributed by atoms with Crippen molar-refractivity contribution in [3.63, 3.8) is 0 Å². The monoisotopic (exact) mass is 757 g/mol. The average Bonchev–Trinajstić information content (AvgIpc) is 3.05. The SMILES string of the molecule is CC[C@H]1OC(=O)[C@H](C)[C@@H](O[C@H]2C[C@@](C)(OC)[C@@H](O)[C@H](C)O2)[C@H](C)[C@@H](O[C@@H]2O[C@H](C)C[C@H](N(C)C)[C@H]2OC(C)=O)[C@](C)(O)C[C@@H](C)C(=O)/C(C)=C/[C@]1(C)O. The number of hydrogen-bond acceptors (Lipinski definition) is 14. The smallest absolute Gasteiger partial charge is 0.311 e. The number of aliphatic hydroxyl groups is 3. The highest BCUT2D eigenvalue weighted by molar-refractivity contribution is 5.96. The van der Waals surface area contributed by atoms with E-state index in [-0.39, 0.29) is 42.8 Å². The number of carbonyl (C=O) groups is 3. The average molecular weight is 758 g/mol. The van der Waals surface area contributed by atoms with E-state index in [1.54, 1.807) is 55.4 Å². The third-order valence-corrected chi connectivity index (χ3v) is 11.4. The van der Waals surface area contributed by atoms with Crippen LogP contribution in [0, 0.1) is 17.8 Å². The highest BCUT2D eigenvalue weighted by Crippen LogP contribution is 2.40. The molecule has 3 aliphatic rings. The second-order valence-electron chi connectivity index (χ2n) is 16.6. The summed E-state index contributed by atoms with van der Waals surface area (Å²) in [5, 5.41) is 34.9. The van der Waals surface area contributed by atoms with Crippen molar-refractivity contribution in [2.45, 2.75) is 180 Å². The number of hydrogen-bond donors (Lipinski definition) is 3. The number of allylic oxidation sites excluding steroid dienone is 1. The molecule has 2 fully saturated rings. The summed E-state index contributed by atoms with van der Waals surface area (Å²) in [6, 6.07) is -0.297. The van der Waals surface area contributed by atoms with Gasteiger partial charge in [0.1, 0.15) is 17.8 Å². The molecule has 0 spiro atoms. The van der Waals surface area contributed by atoms with E-state index in [2.05, 4.69) is 0 Å². The molecule has 0 unspecified atom stereocenters. The van der Waals surface area contributed by atoms with Gasteiger partial charge in [-0.15, -0.1) is 0 Å². The van der Waals surface area contributed by atoms with Crippen LogP contribution >= 0.6 is 0 Å². The number of Topliss-reactive ketones (excluding diaryl/α,β-unsaturated/α-hetero) is 1. The van der Waals surface area contributed by atoms with Gasteiger partial charge in [-0.05, 0) is 93.5 Å². The Morgan fingerprint density at radius 2 is 1.62 bits per heavy atom. The largest absolute Gasteiger partial charge is 0.459 e. The number of ketones is 1. The highest BCUT2D eigenvalue weighted by atomic mass is 16.7. The van der Waals surface area contributed by atoms with Gasteiger partial charge in [0.05, 0.1) is 47.6 Å². The van der Waals surface area contributed by atoms with E-state index in [1.807, 2.05) is 25.9 Å². The van der Waals surface area contributed by atoms with Crippen molar-refractivity contribution >= 4 is 17.7 Å². The summed E-state index contributed by atoms with van der Waals surface area (Å²) < 4.78 is 43.4. The first kappa shape index (κ1) is 45.4. The van der Waals surface area contributed by atoms with Gasteiger partial charge < -0.3 is 53.4 Å². The summed E-state index contributed by atoms with van der Waals surface area (Å²) in [6.07, 6.45) is -6.06. The molecule has 0 aliphatic carbocycles. The first-order valence-corrected chi connectivity index (χ1v) is 19.0. The number of cyclic esters (lactones) is 1. The summed E-state index contributed by atoms with van der Waals surface area (Å²) in [5.74, 6) is -4.14. The van der Waals surface area contributed by atoms with E-state index in [1.165, 1.54) is 27.0 Å². The molecule has 14 heteroatoms. The van der Waals surface area contributed by atoms with Gasteiger partial charge in [-0.3, -0.25) is 14.4 Å². The molecular formula is C39H67NO13. The summed E-state index contributed by atoms with van der Waals surface area (Å²) in [6.45, 7) is 18.1. The fraction of sp³-hybridized carbons (Fsp3) is 0.872. The number of likely N-dealkylation sites (N-methyl/N-ethyl adjacent to an activating group) is 1. The molecule has 3 heterocycles. The summed E-state index contributed by atoms with van der Waals surface area (Å²) in [5.41, 5.74) is -4.25. The third-order valence-electron chi connectivity index (χ3n) is 11.4. The zero-order valence-corrected chi connectivity index (χ0v) is 34.3. The molecule has 3 rings (SSSR count). The molecule has 0 bridgehead atoms. The lowest BCUT2D eigenvalue weighted by atomic mass is 9.76. The van der Waals surface area contributed by atoms with Crippen LogP contribution in [-0.4, -0.2) is 137 Å². The van der Waals surface area contributed by atoms with Crippen LogP contribution in [0.2, 0.25) is 0 Å².